The minimum atomic E-state index is 0.835. The summed E-state index contributed by atoms with van der Waals surface area (Å²) < 4.78 is 7.28. The van der Waals surface area contributed by atoms with E-state index in [4.69, 9.17) is 9.72 Å². The molecule has 4 rings (SSSR count). The maximum Gasteiger partial charge on any atom is 0.187 e. The van der Waals surface area contributed by atoms with Crippen LogP contribution >= 0.6 is 11.3 Å². The largest absolute Gasteiger partial charge is 0.497 e. The summed E-state index contributed by atoms with van der Waals surface area (Å²) in [6.45, 7) is 4.09. The second-order valence-electron chi connectivity index (χ2n) is 5.87. The van der Waals surface area contributed by atoms with Crippen molar-refractivity contribution in [3.05, 3.63) is 59.2 Å². The van der Waals surface area contributed by atoms with Crippen molar-refractivity contribution in [1.82, 2.24) is 14.4 Å². The Labute approximate surface area is 150 Å². The molecule has 25 heavy (non-hydrogen) atoms. The maximum absolute atomic E-state index is 5.18. The highest BCUT2D eigenvalue weighted by Gasteiger charge is 2.14. The van der Waals surface area contributed by atoms with Gasteiger partial charge in [-0.05, 0) is 55.8 Å². The molecular weight excluding hydrogens is 332 g/mol. The molecule has 4 aromatic rings. The number of hydrogen-bond acceptors (Lipinski definition) is 5. The van der Waals surface area contributed by atoms with Gasteiger partial charge in [-0.1, -0.05) is 0 Å². The first kappa shape index (κ1) is 15.7. The van der Waals surface area contributed by atoms with Crippen molar-refractivity contribution >= 4 is 27.8 Å². The number of anilines is 2. The summed E-state index contributed by atoms with van der Waals surface area (Å²) in [7, 11) is 1.66. The van der Waals surface area contributed by atoms with Crippen LogP contribution in [-0.2, 0) is 0 Å². The topological polar surface area (TPSA) is 51.5 Å². The summed E-state index contributed by atoms with van der Waals surface area (Å²) in [4.78, 5) is 9.40. The van der Waals surface area contributed by atoms with Crippen LogP contribution in [0.4, 0.5) is 10.8 Å². The maximum atomic E-state index is 5.18. The number of hydrogen-bond donors (Lipinski definition) is 1. The Morgan fingerprint density at radius 2 is 1.88 bits per heavy atom. The molecule has 0 bridgehead atoms. The minimum absolute atomic E-state index is 0.835. The third kappa shape index (κ3) is 2.96. The molecule has 0 amide bonds. The average Bonchev–Trinajstić information content (AvgIpc) is 3.18. The average molecular weight is 350 g/mol. The zero-order valence-electron chi connectivity index (χ0n) is 14.3. The van der Waals surface area contributed by atoms with Crippen LogP contribution < -0.4 is 10.1 Å². The van der Waals surface area contributed by atoms with E-state index in [1.165, 1.54) is 5.56 Å². The van der Waals surface area contributed by atoms with Gasteiger partial charge in [-0.3, -0.25) is 4.40 Å². The molecule has 5 nitrogen and oxygen atoms in total. The smallest absolute Gasteiger partial charge is 0.187 e. The van der Waals surface area contributed by atoms with Crippen LogP contribution in [0, 0.1) is 13.8 Å². The van der Waals surface area contributed by atoms with Crippen molar-refractivity contribution in [3.8, 4) is 17.1 Å². The number of fused-ring (bicyclic) bond motifs is 1. The minimum Gasteiger partial charge on any atom is -0.497 e. The number of nitrogens with one attached hydrogen (secondary N) is 1. The van der Waals surface area contributed by atoms with E-state index in [9.17, 15) is 0 Å². The Morgan fingerprint density at radius 3 is 2.64 bits per heavy atom. The molecule has 0 saturated heterocycles. The van der Waals surface area contributed by atoms with Crippen LogP contribution in [0.1, 0.15) is 11.3 Å². The van der Waals surface area contributed by atoms with Gasteiger partial charge < -0.3 is 10.1 Å². The zero-order chi connectivity index (χ0) is 17.4. The monoisotopic (exact) mass is 350 g/mol. The number of thiazole rings is 1. The van der Waals surface area contributed by atoms with Gasteiger partial charge in [0, 0.05) is 17.3 Å². The van der Waals surface area contributed by atoms with E-state index in [2.05, 4.69) is 45.3 Å². The molecule has 3 aromatic heterocycles. The molecule has 0 radical (unpaired) electrons. The molecule has 3 heterocycles. The van der Waals surface area contributed by atoms with Gasteiger partial charge in [-0.15, -0.1) is 11.3 Å². The number of aryl methyl sites for hydroxylation is 2. The lowest BCUT2D eigenvalue weighted by atomic mass is 10.2. The van der Waals surface area contributed by atoms with Crippen molar-refractivity contribution in [2.45, 2.75) is 13.8 Å². The van der Waals surface area contributed by atoms with Crippen molar-refractivity contribution in [3.63, 3.8) is 0 Å². The van der Waals surface area contributed by atoms with Gasteiger partial charge in [0.05, 0.1) is 18.5 Å². The van der Waals surface area contributed by atoms with Crippen molar-refractivity contribution in [2.24, 2.45) is 0 Å². The Balaban J connectivity index is 1.66. The van der Waals surface area contributed by atoms with E-state index >= 15 is 0 Å². The van der Waals surface area contributed by atoms with Crippen LogP contribution in [0.3, 0.4) is 0 Å². The highest BCUT2D eigenvalue weighted by atomic mass is 32.1. The summed E-state index contributed by atoms with van der Waals surface area (Å²) in [5, 5.41) is 6.24. The van der Waals surface area contributed by atoms with Crippen LogP contribution in [0.25, 0.3) is 17.0 Å². The molecule has 0 aliphatic carbocycles. The van der Waals surface area contributed by atoms with Crippen LogP contribution in [0.5, 0.6) is 5.75 Å². The molecule has 0 fully saturated rings. The molecule has 0 atom stereocenters. The van der Waals surface area contributed by atoms with E-state index in [0.29, 0.717) is 0 Å². The zero-order valence-corrected chi connectivity index (χ0v) is 15.1. The van der Waals surface area contributed by atoms with Gasteiger partial charge in [-0.25, -0.2) is 9.97 Å². The van der Waals surface area contributed by atoms with Gasteiger partial charge in [0.2, 0.25) is 0 Å². The number of imidazole rings is 1. The Morgan fingerprint density at radius 1 is 1.08 bits per heavy atom. The summed E-state index contributed by atoms with van der Waals surface area (Å²) in [5.74, 6) is 0.835. The number of nitrogens with zero attached hydrogens (tertiary/aromatic N) is 3. The molecule has 126 valence electrons. The predicted octanol–water partition coefficient (Wildman–Crippen LogP) is 4.83. The third-order valence-corrected chi connectivity index (χ3v) is 4.80. The fourth-order valence-electron chi connectivity index (χ4n) is 2.81. The highest BCUT2D eigenvalue weighted by Crippen LogP contribution is 2.30. The second kappa shape index (κ2) is 6.22. The van der Waals surface area contributed by atoms with Gasteiger partial charge in [0.15, 0.2) is 5.13 Å². The Hall–Kier alpha value is -2.86. The fraction of sp³-hybridized carbons (Fsp3) is 0.158. The SMILES string of the molecule is COc1ccc(Nc2nc(-c3c(C)nc4cc(C)ccn34)cs2)cc1. The first-order chi connectivity index (χ1) is 12.1. The number of pyridine rings is 1. The van der Waals surface area contributed by atoms with Crippen LogP contribution in [-0.4, -0.2) is 21.5 Å². The Kier molecular flexibility index (Phi) is 3.89. The number of aromatic nitrogens is 3. The number of ether oxygens (including phenoxy) is 1. The van der Waals surface area contributed by atoms with Crippen molar-refractivity contribution in [2.75, 3.05) is 12.4 Å². The number of methoxy groups -OCH3 is 1. The van der Waals surface area contributed by atoms with Gasteiger partial charge in [0.1, 0.15) is 17.1 Å². The number of rotatable bonds is 4. The van der Waals surface area contributed by atoms with Gasteiger partial charge in [0.25, 0.3) is 0 Å². The van der Waals surface area contributed by atoms with E-state index in [1.54, 1.807) is 18.4 Å². The standard InChI is InChI=1S/C19H18N4OS/c1-12-8-9-23-17(10-12)20-13(2)18(23)16-11-25-19(22-16)21-14-4-6-15(24-3)7-5-14/h4-11H,1-3H3,(H,21,22). The summed E-state index contributed by atoms with van der Waals surface area (Å²) in [6, 6.07) is 12.0. The molecule has 6 heteroatoms. The van der Waals surface area contributed by atoms with Crippen molar-refractivity contribution < 1.29 is 4.74 Å². The highest BCUT2D eigenvalue weighted by molar-refractivity contribution is 7.14. The lowest BCUT2D eigenvalue weighted by Gasteiger charge is -2.04. The molecular formula is C19H18N4OS. The Bertz CT molecular complexity index is 1030. The molecule has 0 saturated carbocycles. The third-order valence-electron chi connectivity index (χ3n) is 4.04. The van der Waals surface area contributed by atoms with Gasteiger partial charge in [-0.2, -0.15) is 0 Å². The van der Waals surface area contributed by atoms with Crippen molar-refractivity contribution in [1.29, 1.82) is 0 Å². The van der Waals surface area contributed by atoms with E-state index in [0.717, 1.165) is 39.3 Å². The molecule has 0 spiro atoms. The molecule has 0 aliphatic heterocycles. The normalized spacial score (nSPS) is 11.0. The fourth-order valence-corrected chi connectivity index (χ4v) is 3.53. The predicted molar refractivity (Wildman–Crippen MR) is 102 cm³/mol. The number of benzene rings is 1. The molecule has 0 aliphatic rings. The van der Waals surface area contributed by atoms with Crippen LogP contribution in [0.15, 0.2) is 48.0 Å². The molecule has 1 N–H and O–H groups in total. The lowest BCUT2D eigenvalue weighted by molar-refractivity contribution is 0.415. The summed E-state index contributed by atoms with van der Waals surface area (Å²) >= 11 is 1.58. The van der Waals surface area contributed by atoms with E-state index < -0.39 is 0 Å². The quantitative estimate of drug-likeness (QED) is 0.573. The lowest BCUT2D eigenvalue weighted by Crippen LogP contribution is -1.92. The summed E-state index contributed by atoms with van der Waals surface area (Å²) in [6.07, 6.45) is 2.05. The first-order valence-corrected chi connectivity index (χ1v) is 8.84. The van der Waals surface area contributed by atoms with E-state index in [-0.39, 0.29) is 0 Å². The van der Waals surface area contributed by atoms with Crippen LogP contribution in [0.2, 0.25) is 0 Å². The first-order valence-electron chi connectivity index (χ1n) is 7.96. The van der Waals surface area contributed by atoms with Gasteiger partial charge >= 0.3 is 0 Å². The molecule has 1 aromatic carbocycles. The summed E-state index contributed by atoms with van der Waals surface area (Å²) in [5.41, 5.74) is 6.07. The second-order valence-corrected chi connectivity index (χ2v) is 6.73. The van der Waals surface area contributed by atoms with E-state index in [1.807, 2.05) is 31.2 Å². The molecule has 0 unspecified atom stereocenters.